The van der Waals surface area contributed by atoms with Crippen LogP contribution in [0.3, 0.4) is 0 Å². The van der Waals surface area contributed by atoms with Gasteiger partial charge in [0, 0.05) is 5.57 Å². The van der Waals surface area contributed by atoms with Gasteiger partial charge in [0.1, 0.15) is 0 Å². The van der Waals surface area contributed by atoms with Crippen molar-refractivity contribution in [3.05, 3.63) is 34.5 Å². The molecular formula is C15H16O4. The molecule has 0 fully saturated rings. The zero-order valence-corrected chi connectivity index (χ0v) is 11.3. The van der Waals surface area contributed by atoms with Crippen LogP contribution in [0.25, 0.3) is 0 Å². The fraction of sp³-hybridized carbons (Fsp3) is 0.467. The molecule has 1 unspecified atom stereocenters. The molecule has 100 valence electrons. The van der Waals surface area contributed by atoms with Gasteiger partial charge in [-0.15, -0.1) is 0 Å². The van der Waals surface area contributed by atoms with Gasteiger partial charge >= 0.3 is 0 Å². The number of ketones is 2. The Bertz CT molecular complexity index is 604. The smallest absolute Gasteiger partial charge is 0.263 e. The van der Waals surface area contributed by atoms with Crippen LogP contribution >= 0.6 is 0 Å². The van der Waals surface area contributed by atoms with E-state index >= 15 is 0 Å². The Kier molecular flexibility index (Phi) is 2.62. The van der Waals surface area contributed by atoms with Crippen LogP contribution in [0.15, 0.2) is 22.0 Å². The summed E-state index contributed by atoms with van der Waals surface area (Å²) in [6.45, 7) is 6.47. The summed E-state index contributed by atoms with van der Waals surface area (Å²) < 4.78 is 10.8. The number of ether oxygens (including phenoxy) is 1. The molecule has 0 bridgehead atoms. The van der Waals surface area contributed by atoms with Gasteiger partial charge in [0.05, 0.1) is 18.4 Å². The van der Waals surface area contributed by atoms with E-state index < -0.39 is 0 Å². The lowest BCUT2D eigenvalue weighted by Crippen LogP contribution is -2.31. The van der Waals surface area contributed by atoms with Gasteiger partial charge in [0.2, 0.25) is 0 Å². The van der Waals surface area contributed by atoms with Gasteiger partial charge in [0.15, 0.2) is 17.3 Å². The first kappa shape index (κ1) is 12.2. The second-order valence-electron chi connectivity index (χ2n) is 5.61. The van der Waals surface area contributed by atoms with Crippen molar-refractivity contribution in [3.8, 4) is 0 Å². The van der Waals surface area contributed by atoms with Gasteiger partial charge in [0.25, 0.3) is 5.78 Å². The van der Waals surface area contributed by atoms with Crippen molar-refractivity contribution in [2.45, 2.75) is 27.2 Å². The number of furan rings is 1. The number of carbonyl (C=O) groups excluding carboxylic acids is 2. The maximum atomic E-state index is 12.5. The van der Waals surface area contributed by atoms with Crippen LogP contribution in [0, 0.1) is 18.8 Å². The first-order chi connectivity index (χ1) is 9.00. The number of Topliss-reactive ketones (excluding diaryl/α,β-unsaturated/α-hetero) is 2. The lowest BCUT2D eigenvalue weighted by atomic mass is 9.81. The van der Waals surface area contributed by atoms with Crippen LogP contribution in [-0.2, 0) is 4.74 Å². The molecule has 3 rings (SSSR count). The van der Waals surface area contributed by atoms with Crippen LogP contribution in [0.2, 0.25) is 0 Å². The SMILES string of the molecule is Cc1coc2c1C(=O)C1=C(OCC(C(C)C)C1)C2=O. The fourth-order valence-corrected chi connectivity index (χ4v) is 2.67. The average molecular weight is 260 g/mol. The van der Waals surface area contributed by atoms with E-state index in [1.54, 1.807) is 6.92 Å². The maximum absolute atomic E-state index is 12.5. The van der Waals surface area contributed by atoms with Crippen LogP contribution in [0.4, 0.5) is 0 Å². The molecule has 0 saturated heterocycles. The number of hydrogen-bond donors (Lipinski definition) is 0. The van der Waals surface area contributed by atoms with Crippen LogP contribution in [0.5, 0.6) is 0 Å². The van der Waals surface area contributed by atoms with Gasteiger partial charge < -0.3 is 9.15 Å². The van der Waals surface area contributed by atoms with E-state index in [0.29, 0.717) is 35.6 Å². The second kappa shape index (κ2) is 4.08. The van der Waals surface area contributed by atoms with Crippen molar-refractivity contribution in [1.29, 1.82) is 0 Å². The van der Waals surface area contributed by atoms with Crippen LogP contribution in [-0.4, -0.2) is 18.2 Å². The molecule has 0 aromatic carbocycles. The van der Waals surface area contributed by atoms with E-state index in [9.17, 15) is 9.59 Å². The summed E-state index contributed by atoms with van der Waals surface area (Å²) in [5.41, 5.74) is 1.65. The molecule has 0 radical (unpaired) electrons. The topological polar surface area (TPSA) is 56.5 Å². The highest BCUT2D eigenvalue weighted by Gasteiger charge is 2.41. The molecule has 4 heteroatoms. The van der Waals surface area contributed by atoms with E-state index in [1.165, 1.54) is 6.26 Å². The Morgan fingerprint density at radius 3 is 2.68 bits per heavy atom. The molecular weight excluding hydrogens is 244 g/mol. The number of aryl methyl sites for hydroxylation is 1. The van der Waals surface area contributed by atoms with Crippen molar-refractivity contribution in [2.24, 2.45) is 11.8 Å². The van der Waals surface area contributed by atoms with Gasteiger partial charge in [-0.3, -0.25) is 9.59 Å². The molecule has 1 aliphatic heterocycles. The molecule has 0 spiro atoms. The van der Waals surface area contributed by atoms with Crippen molar-refractivity contribution in [1.82, 2.24) is 0 Å². The molecule has 2 aliphatic rings. The lowest BCUT2D eigenvalue weighted by Gasteiger charge is -2.30. The summed E-state index contributed by atoms with van der Waals surface area (Å²) in [7, 11) is 0. The summed E-state index contributed by atoms with van der Waals surface area (Å²) in [5, 5.41) is 0. The Labute approximate surface area is 111 Å². The molecule has 1 aromatic rings. The number of fused-ring (bicyclic) bond motifs is 1. The Hall–Kier alpha value is -1.84. The Morgan fingerprint density at radius 1 is 1.26 bits per heavy atom. The number of rotatable bonds is 1. The highest BCUT2D eigenvalue weighted by atomic mass is 16.5. The molecule has 4 nitrogen and oxygen atoms in total. The van der Waals surface area contributed by atoms with Gasteiger partial charge in [-0.1, -0.05) is 13.8 Å². The standard InChI is InChI=1S/C15H16O4/c1-7(2)9-4-10-12(16)11-8(3)5-18-15(11)13(17)14(10)19-6-9/h5,7,9H,4,6H2,1-3H3. The predicted octanol–water partition coefficient (Wildman–Crippen LogP) is 2.91. The zero-order valence-electron chi connectivity index (χ0n) is 11.3. The minimum Gasteiger partial charge on any atom is -0.489 e. The molecule has 0 N–H and O–H groups in total. The third-order valence-electron chi connectivity index (χ3n) is 4.01. The first-order valence-electron chi connectivity index (χ1n) is 6.54. The van der Waals surface area contributed by atoms with E-state index in [0.717, 1.165) is 0 Å². The summed E-state index contributed by atoms with van der Waals surface area (Å²) in [6.07, 6.45) is 2.07. The molecule has 2 heterocycles. The minimum absolute atomic E-state index is 0.110. The summed E-state index contributed by atoms with van der Waals surface area (Å²) in [6, 6.07) is 0. The van der Waals surface area contributed by atoms with Crippen molar-refractivity contribution in [2.75, 3.05) is 6.61 Å². The third kappa shape index (κ3) is 1.66. The van der Waals surface area contributed by atoms with Gasteiger partial charge in [-0.25, -0.2) is 0 Å². The third-order valence-corrected chi connectivity index (χ3v) is 4.01. The Balaban J connectivity index is 2.07. The zero-order chi connectivity index (χ0) is 13.7. The first-order valence-corrected chi connectivity index (χ1v) is 6.54. The summed E-state index contributed by atoms with van der Waals surface area (Å²) in [4.78, 5) is 24.8. The predicted molar refractivity (Wildman–Crippen MR) is 68.0 cm³/mol. The minimum atomic E-state index is -0.292. The molecule has 0 saturated carbocycles. The van der Waals surface area contributed by atoms with Crippen molar-refractivity contribution in [3.63, 3.8) is 0 Å². The van der Waals surface area contributed by atoms with E-state index in [2.05, 4.69) is 13.8 Å². The maximum Gasteiger partial charge on any atom is 0.263 e. The molecule has 1 aromatic heterocycles. The lowest BCUT2D eigenvalue weighted by molar-refractivity contribution is 0.0697. The molecule has 1 aliphatic carbocycles. The quantitative estimate of drug-likeness (QED) is 0.779. The normalized spacial score (nSPS) is 22.4. The number of carbonyl (C=O) groups is 2. The molecule has 0 amide bonds. The highest BCUT2D eigenvalue weighted by Crippen LogP contribution is 2.37. The fourth-order valence-electron chi connectivity index (χ4n) is 2.67. The number of hydrogen-bond acceptors (Lipinski definition) is 4. The monoisotopic (exact) mass is 260 g/mol. The van der Waals surface area contributed by atoms with Crippen LogP contribution in [0.1, 0.15) is 46.7 Å². The van der Waals surface area contributed by atoms with E-state index in [1.807, 2.05) is 0 Å². The van der Waals surface area contributed by atoms with E-state index in [-0.39, 0.29) is 29.0 Å². The van der Waals surface area contributed by atoms with Crippen molar-refractivity contribution >= 4 is 11.6 Å². The average Bonchev–Trinajstić information content (AvgIpc) is 2.78. The van der Waals surface area contributed by atoms with E-state index in [4.69, 9.17) is 9.15 Å². The van der Waals surface area contributed by atoms with Gasteiger partial charge in [-0.05, 0) is 30.7 Å². The van der Waals surface area contributed by atoms with Gasteiger partial charge in [-0.2, -0.15) is 0 Å². The summed E-state index contributed by atoms with van der Waals surface area (Å²) >= 11 is 0. The number of allylic oxidation sites excluding steroid dienone is 2. The molecule has 1 atom stereocenters. The summed E-state index contributed by atoms with van der Waals surface area (Å²) in [5.74, 6) is 0.627. The largest absolute Gasteiger partial charge is 0.489 e. The Morgan fingerprint density at radius 2 is 2.00 bits per heavy atom. The van der Waals surface area contributed by atoms with Crippen LogP contribution < -0.4 is 0 Å². The van der Waals surface area contributed by atoms with Crippen molar-refractivity contribution < 1.29 is 18.7 Å². The second-order valence-corrected chi connectivity index (χ2v) is 5.61. The highest BCUT2D eigenvalue weighted by molar-refractivity contribution is 6.25. The molecule has 19 heavy (non-hydrogen) atoms.